The standard InChI is InChI=1S/C14H28N2O3S/c1-5-11(10-15-13(17)19-14(2,3)4)16-12-6-8-20(18)9-7-12/h11-12,16H,5-10H2,1-4H3,(H,15,17). The summed E-state index contributed by atoms with van der Waals surface area (Å²) in [6.45, 7) is 8.21. The number of ether oxygens (including phenoxy) is 1. The Morgan fingerprint density at radius 3 is 2.45 bits per heavy atom. The molecule has 6 heteroatoms. The van der Waals surface area contributed by atoms with E-state index in [-0.39, 0.29) is 12.1 Å². The van der Waals surface area contributed by atoms with Crippen LogP contribution in [0.1, 0.15) is 47.0 Å². The van der Waals surface area contributed by atoms with Crippen molar-refractivity contribution in [2.75, 3.05) is 18.1 Å². The van der Waals surface area contributed by atoms with E-state index in [9.17, 15) is 9.00 Å². The molecule has 0 aliphatic carbocycles. The summed E-state index contributed by atoms with van der Waals surface area (Å²) in [5.74, 6) is 1.57. The average molecular weight is 304 g/mol. The van der Waals surface area contributed by atoms with Crippen molar-refractivity contribution in [3.63, 3.8) is 0 Å². The van der Waals surface area contributed by atoms with Crippen LogP contribution in [0.2, 0.25) is 0 Å². The molecular weight excluding hydrogens is 276 g/mol. The SMILES string of the molecule is CCC(CNC(=O)OC(C)(C)C)NC1CCS(=O)CC1. The van der Waals surface area contributed by atoms with E-state index in [4.69, 9.17) is 4.74 Å². The molecule has 20 heavy (non-hydrogen) atoms. The van der Waals surface area contributed by atoms with Crippen LogP contribution in [0.5, 0.6) is 0 Å². The third kappa shape index (κ3) is 7.24. The molecule has 1 fully saturated rings. The molecule has 1 rings (SSSR count). The van der Waals surface area contributed by atoms with Gasteiger partial charge in [-0.2, -0.15) is 0 Å². The molecule has 118 valence electrons. The number of nitrogens with one attached hydrogen (secondary N) is 2. The molecule has 0 aromatic heterocycles. The first-order valence-corrected chi connectivity index (χ1v) is 8.87. The zero-order valence-electron chi connectivity index (χ0n) is 13.0. The van der Waals surface area contributed by atoms with Crippen molar-refractivity contribution in [3.8, 4) is 0 Å². The maximum atomic E-state index is 11.6. The van der Waals surface area contributed by atoms with Gasteiger partial charge in [-0.3, -0.25) is 4.21 Å². The second kappa shape index (κ2) is 7.98. The molecule has 2 N–H and O–H groups in total. The van der Waals surface area contributed by atoms with E-state index in [0.29, 0.717) is 12.6 Å². The van der Waals surface area contributed by atoms with Gasteiger partial charge in [0.1, 0.15) is 5.60 Å². The van der Waals surface area contributed by atoms with E-state index >= 15 is 0 Å². The summed E-state index contributed by atoms with van der Waals surface area (Å²) in [7, 11) is -0.630. The summed E-state index contributed by atoms with van der Waals surface area (Å²) < 4.78 is 16.5. The average Bonchev–Trinajstić information content (AvgIpc) is 2.34. The van der Waals surface area contributed by atoms with E-state index in [2.05, 4.69) is 17.6 Å². The Balaban J connectivity index is 2.29. The van der Waals surface area contributed by atoms with Gasteiger partial charge in [-0.15, -0.1) is 0 Å². The molecule has 1 atom stereocenters. The minimum absolute atomic E-state index is 0.235. The summed E-state index contributed by atoms with van der Waals surface area (Å²) in [5, 5.41) is 6.34. The van der Waals surface area contributed by atoms with Gasteiger partial charge in [0.25, 0.3) is 0 Å². The van der Waals surface area contributed by atoms with Crippen molar-refractivity contribution in [3.05, 3.63) is 0 Å². The van der Waals surface area contributed by atoms with Gasteiger partial charge in [-0.25, -0.2) is 4.79 Å². The van der Waals surface area contributed by atoms with Crippen molar-refractivity contribution in [2.45, 2.75) is 64.6 Å². The van der Waals surface area contributed by atoms with Crippen molar-refractivity contribution >= 4 is 16.9 Å². The zero-order chi connectivity index (χ0) is 15.2. The summed E-state index contributed by atoms with van der Waals surface area (Å²) in [6.07, 6.45) is 2.48. The van der Waals surface area contributed by atoms with Gasteiger partial charge >= 0.3 is 6.09 Å². The van der Waals surface area contributed by atoms with Crippen LogP contribution in [0.15, 0.2) is 0 Å². The third-order valence-electron chi connectivity index (χ3n) is 3.24. The first-order chi connectivity index (χ1) is 9.30. The van der Waals surface area contributed by atoms with Crippen LogP contribution in [0.3, 0.4) is 0 Å². The van der Waals surface area contributed by atoms with Gasteiger partial charge < -0.3 is 15.4 Å². The number of hydrogen-bond acceptors (Lipinski definition) is 4. The van der Waals surface area contributed by atoms with Gasteiger partial charge in [-0.05, 0) is 40.0 Å². The fourth-order valence-corrected chi connectivity index (χ4v) is 3.43. The Morgan fingerprint density at radius 1 is 1.35 bits per heavy atom. The maximum Gasteiger partial charge on any atom is 0.407 e. The largest absolute Gasteiger partial charge is 0.444 e. The summed E-state index contributed by atoms with van der Waals surface area (Å²) in [4.78, 5) is 11.6. The molecule has 1 aliphatic heterocycles. The Kier molecular flexibility index (Phi) is 6.95. The molecule has 0 aromatic rings. The first-order valence-electron chi connectivity index (χ1n) is 7.38. The lowest BCUT2D eigenvalue weighted by Crippen LogP contribution is -2.47. The maximum absolute atomic E-state index is 11.6. The zero-order valence-corrected chi connectivity index (χ0v) is 13.8. The molecule has 1 heterocycles. The van der Waals surface area contributed by atoms with Crippen LogP contribution in [-0.2, 0) is 15.5 Å². The molecular formula is C14H28N2O3S. The Hall–Kier alpha value is -0.620. The predicted octanol–water partition coefficient (Wildman–Crippen LogP) is 1.79. The van der Waals surface area contributed by atoms with Gasteiger partial charge in [0.05, 0.1) is 0 Å². The second-order valence-electron chi connectivity index (χ2n) is 6.28. The fraction of sp³-hybridized carbons (Fsp3) is 0.929. The monoisotopic (exact) mass is 304 g/mol. The van der Waals surface area contributed by atoms with Crippen molar-refractivity contribution in [1.82, 2.24) is 10.6 Å². The quantitative estimate of drug-likeness (QED) is 0.812. The van der Waals surface area contributed by atoms with Crippen LogP contribution in [-0.4, -0.2) is 46.0 Å². The lowest BCUT2D eigenvalue weighted by Gasteiger charge is -2.28. The van der Waals surface area contributed by atoms with Crippen molar-refractivity contribution < 1.29 is 13.7 Å². The highest BCUT2D eigenvalue weighted by molar-refractivity contribution is 7.85. The van der Waals surface area contributed by atoms with E-state index in [1.54, 1.807) is 0 Å². The number of hydrogen-bond donors (Lipinski definition) is 2. The highest BCUT2D eigenvalue weighted by atomic mass is 32.2. The predicted molar refractivity (Wildman–Crippen MR) is 82.3 cm³/mol. The Bertz CT molecular complexity index is 332. The van der Waals surface area contributed by atoms with Crippen LogP contribution in [0.4, 0.5) is 4.79 Å². The molecule has 0 aromatic carbocycles. The van der Waals surface area contributed by atoms with Crippen LogP contribution in [0, 0.1) is 0 Å². The van der Waals surface area contributed by atoms with Crippen molar-refractivity contribution in [2.24, 2.45) is 0 Å². The lowest BCUT2D eigenvalue weighted by molar-refractivity contribution is 0.0521. The minimum Gasteiger partial charge on any atom is -0.444 e. The molecule has 1 amide bonds. The van der Waals surface area contributed by atoms with E-state index in [1.807, 2.05) is 20.8 Å². The minimum atomic E-state index is -0.630. The summed E-state index contributed by atoms with van der Waals surface area (Å²) >= 11 is 0. The fourth-order valence-electron chi connectivity index (χ4n) is 2.14. The molecule has 1 aliphatic rings. The number of carbonyl (C=O) groups is 1. The van der Waals surface area contributed by atoms with E-state index in [0.717, 1.165) is 30.8 Å². The van der Waals surface area contributed by atoms with Crippen molar-refractivity contribution in [1.29, 1.82) is 0 Å². The van der Waals surface area contributed by atoms with E-state index < -0.39 is 16.4 Å². The molecule has 1 unspecified atom stereocenters. The highest BCUT2D eigenvalue weighted by Crippen LogP contribution is 2.11. The number of carbonyl (C=O) groups excluding carboxylic acids is 1. The molecule has 0 spiro atoms. The van der Waals surface area contributed by atoms with Crippen LogP contribution in [0.25, 0.3) is 0 Å². The Labute approximate surface area is 124 Å². The van der Waals surface area contributed by atoms with Gasteiger partial charge in [0, 0.05) is 40.9 Å². The van der Waals surface area contributed by atoms with Gasteiger partial charge in [-0.1, -0.05) is 6.92 Å². The highest BCUT2D eigenvalue weighted by Gasteiger charge is 2.21. The smallest absolute Gasteiger partial charge is 0.407 e. The molecule has 1 saturated heterocycles. The van der Waals surface area contributed by atoms with Crippen LogP contribution >= 0.6 is 0 Å². The lowest BCUT2D eigenvalue weighted by atomic mass is 10.1. The summed E-state index contributed by atoms with van der Waals surface area (Å²) in [6, 6.07) is 0.650. The first kappa shape index (κ1) is 17.4. The third-order valence-corrected chi connectivity index (χ3v) is 4.63. The molecule has 0 radical (unpaired) electrons. The topological polar surface area (TPSA) is 67.4 Å². The Morgan fingerprint density at radius 2 is 1.95 bits per heavy atom. The van der Waals surface area contributed by atoms with Crippen LogP contribution < -0.4 is 10.6 Å². The van der Waals surface area contributed by atoms with Gasteiger partial charge in [0.15, 0.2) is 0 Å². The molecule has 0 saturated carbocycles. The number of amides is 1. The normalized spacial score (nSPS) is 25.0. The van der Waals surface area contributed by atoms with E-state index in [1.165, 1.54) is 0 Å². The summed E-state index contributed by atoms with van der Waals surface area (Å²) in [5.41, 5.74) is -0.466. The molecule has 5 nitrogen and oxygen atoms in total. The number of alkyl carbamates (subject to hydrolysis) is 1. The number of rotatable bonds is 5. The van der Waals surface area contributed by atoms with Gasteiger partial charge in [0.2, 0.25) is 0 Å². The second-order valence-corrected chi connectivity index (χ2v) is 7.97. The molecule has 0 bridgehead atoms.